The van der Waals surface area contributed by atoms with Crippen molar-refractivity contribution in [1.29, 1.82) is 0 Å². The van der Waals surface area contributed by atoms with Crippen molar-refractivity contribution in [2.75, 3.05) is 13.2 Å². The molecule has 1 aromatic heterocycles. The molecule has 1 aromatic rings. The van der Waals surface area contributed by atoms with E-state index in [1.165, 1.54) is 22.9 Å². The van der Waals surface area contributed by atoms with E-state index < -0.39 is 0 Å². The lowest BCUT2D eigenvalue weighted by Crippen LogP contribution is -2.45. The highest BCUT2D eigenvalue weighted by Gasteiger charge is 2.38. The zero-order chi connectivity index (χ0) is 12.3. The molecule has 96 valence electrons. The van der Waals surface area contributed by atoms with Gasteiger partial charge in [0.2, 0.25) is 0 Å². The normalized spacial score (nSPS) is 27.0. The molecule has 1 fully saturated rings. The van der Waals surface area contributed by atoms with Gasteiger partial charge in [-0.15, -0.1) is 0 Å². The van der Waals surface area contributed by atoms with Crippen LogP contribution in [-0.2, 0) is 4.74 Å². The Morgan fingerprint density at radius 3 is 2.88 bits per heavy atom. The Kier molecular flexibility index (Phi) is 4.64. The Hall–Kier alpha value is 0.1000. The summed E-state index contributed by atoms with van der Waals surface area (Å²) in [4.78, 5) is 0. The van der Waals surface area contributed by atoms with Gasteiger partial charge in [0, 0.05) is 16.5 Å². The molecule has 1 aliphatic rings. The van der Waals surface area contributed by atoms with Gasteiger partial charge < -0.3 is 10.1 Å². The van der Waals surface area contributed by atoms with E-state index in [0.717, 1.165) is 19.6 Å². The predicted molar refractivity (Wildman–Crippen MR) is 76.6 cm³/mol. The minimum absolute atomic E-state index is 0.0716. The number of nitrogens with one attached hydrogen (secondary N) is 1. The lowest BCUT2D eigenvalue weighted by Gasteiger charge is -2.41. The zero-order valence-corrected chi connectivity index (χ0v) is 12.9. The van der Waals surface area contributed by atoms with Crippen LogP contribution in [-0.4, -0.2) is 18.8 Å². The maximum absolute atomic E-state index is 6.08. The summed E-state index contributed by atoms with van der Waals surface area (Å²) in [5.41, 5.74) is 1.26. The van der Waals surface area contributed by atoms with Gasteiger partial charge in [0.05, 0.1) is 11.6 Å². The first kappa shape index (κ1) is 13.5. The summed E-state index contributed by atoms with van der Waals surface area (Å²) in [5.74, 6) is 0. The van der Waals surface area contributed by atoms with Crippen LogP contribution in [0.25, 0.3) is 0 Å². The Bertz CT molecular complexity index is 360. The van der Waals surface area contributed by atoms with Crippen LogP contribution in [0.4, 0.5) is 0 Å². The fourth-order valence-corrected chi connectivity index (χ4v) is 4.09. The molecule has 0 saturated carbocycles. The van der Waals surface area contributed by atoms with Crippen LogP contribution in [0.1, 0.15) is 44.7 Å². The van der Waals surface area contributed by atoms with Crippen molar-refractivity contribution in [2.24, 2.45) is 0 Å². The third kappa shape index (κ3) is 2.92. The van der Waals surface area contributed by atoms with E-state index in [2.05, 4.69) is 45.9 Å². The van der Waals surface area contributed by atoms with E-state index in [1.807, 2.05) is 0 Å². The minimum Gasteiger partial charge on any atom is -0.373 e. The first-order valence-corrected chi connectivity index (χ1v) is 8.00. The van der Waals surface area contributed by atoms with E-state index in [0.29, 0.717) is 0 Å². The molecule has 1 N–H and O–H groups in total. The van der Waals surface area contributed by atoms with Gasteiger partial charge in [0.25, 0.3) is 0 Å². The second kappa shape index (κ2) is 5.83. The summed E-state index contributed by atoms with van der Waals surface area (Å²) < 4.78 is 7.28. The van der Waals surface area contributed by atoms with Gasteiger partial charge in [0.15, 0.2) is 0 Å². The maximum atomic E-state index is 6.08. The van der Waals surface area contributed by atoms with Gasteiger partial charge in [0.1, 0.15) is 0 Å². The van der Waals surface area contributed by atoms with Crippen LogP contribution in [0.2, 0.25) is 0 Å². The van der Waals surface area contributed by atoms with E-state index in [9.17, 15) is 0 Å². The second-order valence-electron chi connectivity index (χ2n) is 4.78. The van der Waals surface area contributed by atoms with Crippen LogP contribution in [0.15, 0.2) is 15.2 Å². The van der Waals surface area contributed by atoms with Gasteiger partial charge in [-0.1, -0.05) is 6.92 Å². The van der Waals surface area contributed by atoms with E-state index >= 15 is 0 Å². The number of hydrogen-bond acceptors (Lipinski definition) is 3. The Morgan fingerprint density at radius 1 is 1.53 bits per heavy atom. The molecule has 0 aromatic carbocycles. The van der Waals surface area contributed by atoms with Crippen molar-refractivity contribution >= 4 is 27.3 Å². The molecule has 17 heavy (non-hydrogen) atoms. The van der Waals surface area contributed by atoms with Gasteiger partial charge in [-0.05, 0) is 59.6 Å². The van der Waals surface area contributed by atoms with Crippen LogP contribution < -0.4 is 5.32 Å². The third-order valence-electron chi connectivity index (χ3n) is 3.47. The van der Waals surface area contributed by atoms with Crippen LogP contribution in [0.3, 0.4) is 0 Å². The van der Waals surface area contributed by atoms with Crippen LogP contribution in [0.5, 0.6) is 0 Å². The van der Waals surface area contributed by atoms with Crippen molar-refractivity contribution in [1.82, 2.24) is 5.32 Å². The third-order valence-corrected chi connectivity index (χ3v) is 5.22. The van der Waals surface area contributed by atoms with E-state index in [1.54, 1.807) is 11.3 Å². The summed E-state index contributed by atoms with van der Waals surface area (Å²) in [5, 5.41) is 7.96. The van der Waals surface area contributed by atoms with E-state index in [-0.39, 0.29) is 11.6 Å². The zero-order valence-electron chi connectivity index (χ0n) is 10.5. The van der Waals surface area contributed by atoms with Gasteiger partial charge in [-0.2, -0.15) is 11.3 Å². The van der Waals surface area contributed by atoms with Crippen LogP contribution in [0, 0.1) is 0 Å². The van der Waals surface area contributed by atoms with Crippen molar-refractivity contribution in [3.05, 3.63) is 20.8 Å². The second-order valence-corrected chi connectivity index (χ2v) is 6.38. The molecular weight excluding hydrogens is 298 g/mol. The fourth-order valence-electron chi connectivity index (χ4n) is 2.54. The molecule has 2 rings (SSSR count). The lowest BCUT2D eigenvalue weighted by molar-refractivity contribution is -0.0895. The molecule has 0 spiro atoms. The first-order valence-electron chi connectivity index (χ1n) is 6.26. The molecule has 1 aliphatic heterocycles. The number of hydrogen-bond donors (Lipinski definition) is 1. The molecule has 0 radical (unpaired) electrons. The number of ether oxygens (including phenoxy) is 1. The highest BCUT2D eigenvalue weighted by atomic mass is 79.9. The summed E-state index contributed by atoms with van der Waals surface area (Å²) in [6, 6.07) is 0.286. The summed E-state index contributed by atoms with van der Waals surface area (Å²) in [6.45, 7) is 6.25. The number of likely N-dealkylation sites (N-methyl/N-ethyl adjacent to an activating group) is 1. The maximum Gasteiger partial charge on any atom is 0.0849 e. The average Bonchev–Trinajstić information content (AvgIpc) is 2.73. The largest absolute Gasteiger partial charge is 0.373 e. The SMILES string of the molecule is CCNC(c1cscc1Br)C1(C)CCCCO1. The van der Waals surface area contributed by atoms with Crippen molar-refractivity contribution in [3.8, 4) is 0 Å². The highest BCUT2D eigenvalue weighted by Crippen LogP contribution is 2.40. The first-order chi connectivity index (χ1) is 8.17. The summed E-state index contributed by atoms with van der Waals surface area (Å²) in [6.07, 6.45) is 3.59. The smallest absolute Gasteiger partial charge is 0.0849 e. The number of halogens is 1. The fraction of sp³-hybridized carbons (Fsp3) is 0.692. The highest BCUT2D eigenvalue weighted by molar-refractivity contribution is 9.10. The molecule has 0 amide bonds. The standard InChI is InChI=1S/C13H20BrNOS/c1-3-15-12(10-8-17-9-11(10)14)13(2)6-4-5-7-16-13/h8-9,12,15H,3-7H2,1-2H3. The summed E-state index contributed by atoms with van der Waals surface area (Å²) in [7, 11) is 0. The van der Waals surface area contributed by atoms with Gasteiger partial charge >= 0.3 is 0 Å². The van der Waals surface area contributed by atoms with Crippen LogP contribution >= 0.6 is 27.3 Å². The topological polar surface area (TPSA) is 21.3 Å². The van der Waals surface area contributed by atoms with Crippen molar-refractivity contribution < 1.29 is 4.74 Å². The Labute approximate surface area is 116 Å². The monoisotopic (exact) mass is 317 g/mol. The molecule has 0 bridgehead atoms. The predicted octanol–water partition coefficient (Wildman–Crippen LogP) is 4.12. The summed E-state index contributed by atoms with van der Waals surface area (Å²) >= 11 is 5.38. The molecule has 4 heteroatoms. The molecule has 2 heterocycles. The number of rotatable bonds is 4. The minimum atomic E-state index is -0.0716. The molecule has 2 atom stereocenters. The Morgan fingerprint density at radius 2 is 2.35 bits per heavy atom. The molecule has 2 unspecified atom stereocenters. The lowest BCUT2D eigenvalue weighted by atomic mass is 9.85. The van der Waals surface area contributed by atoms with Crippen molar-refractivity contribution in [3.63, 3.8) is 0 Å². The van der Waals surface area contributed by atoms with Gasteiger partial charge in [-0.3, -0.25) is 0 Å². The molecule has 0 aliphatic carbocycles. The van der Waals surface area contributed by atoms with Gasteiger partial charge in [-0.25, -0.2) is 0 Å². The van der Waals surface area contributed by atoms with Crippen molar-refractivity contribution in [2.45, 2.75) is 44.8 Å². The Balaban J connectivity index is 2.25. The number of thiophene rings is 1. The average molecular weight is 318 g/mol. The molecule has 1 saturated heterocycles. The van der Waals surface area contributed by atoms with E-state index in [4.69, 9.17) is 4.74 Å². The molecule has 2 nitrogen and oxygen atoms in total. The molecular formula is C13H20BrNOS. The quantitative estimate of drug-likeness (QED) is 0.902.